The summed E-state index contributed by atoms with van der Waals surface area (Å²) in [6, 6.07) is 13.5. The molecule has 1 heterocycles. The molecule has 0 saturated heterocycles. The van der Waals surface area contributed by atoms with E-state index in [0.29, 0.717) is 26.4 Å². The zero-order chi connectivity index (χ0) is 15.9. The Bertz CT molecular complexity index is 645. The van der Waals surface area contributed by atoms with Crippen molar-refractivity contribution in [3.05, 3.63) is 46.9 Å². The Labute approximate surface area is 144 Å². The van der Waals surface area contributed by atoms with Crippen LogP contribution in [0, 0.1) is 0 Å². The highest BCUT2D eigenvalue weighted by Crippen LogP contribution is 2.31. The molecule has 3 rings (SSSR count). The van der Waals surface area contributed by atoms with Gasteiger partial charge in [0, 0.05) is 17.3 Å². The quantitative estimate of drug-likeness (QED) is 0.678. The van der Waals surface area contributed by atoms with Crippen molar-refractivity contribution < 1.29 is 18.9 Å². The van der Waals surface area contributed by atoms with E-state index in [4.69, 9.17) is 18.9 Å². The first-order valence-corrected chi connectivity index (χ1v) is 8.52. The lowest BCUT2D eigenvalue weighted by Gasteiger charge is -2.16. The van der Waals surface area contributed by atoms with Gasteiger partial charge >= 0.3 is 0 Å². The SMILES string of the molecule is Brc1ccc2c(c1)OCCCOc1ccccc1OCCCO2. The van der Waals surface area contributed by atoms with Crippen LogP contribution < -0.4 is 18.9 Å². The van der Waals surface area contributed by atoms with Crippen LogP contribution in [0.3, 0.4) is 0 Å². The first kappa shape index (κ1) is 16.0. The molecule has 0 spiro atoms. The largest absolute Gasteiger partial charge is 0.490 e. The van der Waals surface area contributed by atoms with Gasteiger partial charge in [0.1, 0.15) is 0 Å². The molecular formula is C18H19BrO4. The molecule has 0 atom stereocenters. The highest BCUT2D eigenvalue weighted by molar-refractivity contribution is 9.10. The van der Waals surface area contributed by atoms with E-state index in [9.17, 15) is 0 Å². The highest BCUT2D eigenvalue weighted by Gasteiger charge is 2.09. The molecule has 23 heavy (non-hydrogen) atoms. The standard InChI is InChI=1S/C18H19BrO4/c19-14-7-8-17-18(13-14)23-12-4-10-21-16-6-2-1-5-15(16)20-9-3-11-22-17/h1-2,5-8,13H,3-4,9-12H2. The Morgan fingerprint density at radius 1 is 0.609 bits per heavy atom. The van der Waals surface area contributed by atoms with E-state index in [1.807, 2.05) is 42.5 Å². The van der Waals surface area contributed by atoms with Gasteiger partial charge in [-0.25, -0.2) is 0 Å². The predicted octanol–water partition coefficient (Wildman–Crippen LogP) is 4.46. The summed E-state index contributed by atoms with van der Waals surface area (Å²) in [5, 5.41) is 0. The van der Waals surface area contributed by atoms with Crippen molar-refractivity contribution in [3.63, 3.8) is 0 Å². The average molecular weight is 379 g/mol. The lowest BCUT2D eigenvalue weighted by molar-refractivity contribution is 0.203. The van der Waals surface area contributed by atoms with Crippen molar-refractivity contribution in [3.8, 4) is 23.0 Å². The maximum Gasteiger partial charge on any atom is 0.162 e. The summed E-state index contributed by atoms with van der Waals surface area (Å²) in [6.45, 7) is 2.29. The zero-order valence-electron chi connectivity index (χ0n) is 12.8. The molecule has 0 radical (unpaired) electrons. The van der Waals surface area contributed by atoms with Crippen molar-refractivity contribution >= 4 is 15.9 Å². The van der Waals surface area contributed by atoms with Gasteiger partial charge in [0.25, 0.3) is 0 Å². The molecule has 0 fully saturated rings. The molecule has 0 unspecified atom stereocenters. The number of para-hydroxylation sites is 2. The highest BCUT2D eigenvalue weighted by atomic mass is 79.9. The van der Waals surface area contributed by atoms with E-state index < -0.39 is 0 Å². The second-order valence-corrected chi connectivity index (χ2v) is 6.05. The van der Waals surface area contributed by atoms with Crippen molar-refractivity contribution in [1.29, 1.82) is 0 Å². The van der Waals surface area contributed by atoms with E-state index in [2.05, 4.69) is 15.9 Å². The Balaban J connectivity index is 1.69. The minimum Gasteiger partial charge on any atom is -0.490 e. The number of halogens is 1. The summed E-state index contributed by atoms with van der Waals surface area (Å²) >= 11 is 3.46. The van der Waals surface area contributed by atoms with Crippen LogP contribution in [0.1, 0.15) is 12.8 Å². The summed E-state index contributed by atoms with van der Waals surface area (Å²) in [5.74, 6) is 3.05. The number of benzene rings is 2. The molecule has 0 amide bonds. The summed E-state index contributed by atoms with van der Waals surface area (Å²) in [4.78, 5) is 0. The number of ether oxygens (including phenoxy) is 4. The van der Waals surface area contributed by atoms with Crippen LogP contribution in [0.25, 0.3) is 0 Å². The van der Waals surface area contributed by atoms with Crippen LogP contribution >= 0.6 is 15.9 Å². The number of hydrogen-bond acceptors (Lipinski definition) is 4. The Kier molecular flexibility index (Phi) is 5.64. The lowest BCUT2D eigenvalue weighted by atomic mass is 10.3. The molecule has 2 aromatic rings. The van der Waals surface area contributed by atoms with Crippen LogP contribution in [0.2, 0.25) is 0 Å². The van der Waals surface area contributed by atoms with E-state index in [1.54, 1.807) is 0 Å². The maximum absolute atomic E-state index is 5.83. The lowest BCUT2D eigenvalue weighted by Crippen LogP contribution is -2.10. The second kappa shape index (κ2) is 8.11. The topological polar surface area (TPSA) is 36.9 Å². The monoisotopic (exact) mass is 378 g/mol. The van der Waals surface area contributed by atoms with Crippen LogP contribution in [0.15, 0.2) is 46.9 Å². The molecule has 0 N–H and O–H groups in total. The fourth-order valence-electron chi connectivity index (χ4n) is 2.25. The molecule has 0 aliphatic carbocycles. The second-order valence-electron chi connectivity index (χ2n) is 5.14. The summed E-state index contributed by atoms with van der Waals surface area (Å²) in [6.07, 6.45) is 1.56. The first-order chi connectivity index (χ1) is 11.3. The summed E-state index contributed by atoms with van der Waals surface area (Å²) in [7, 11) is 0. The normalized spacial score (nSPS) is 15.5. The molecule has 2 aromatic carbocycles. The third-order valence-electron chi connectivity index (χ3n) is 3.36. The minimum absolute atomic E-state index is 0.565. The minimum atomic E-state index is 0.565. The molecule has 5 heteroatoms. The maximum atomic E-state index is 5.83. The van der Waals surface area contributed by atoms with Gasteiger partial charge in [0.15, 0.2) is 23.0 Å². The van der Waals surface area contributed by atoms with Crippen LogP contribution in [0.5, 0.6) is 23.0 Å². The third kappa shape index (κ3) is 4.55. The Morgan fingerprint density at radius 3 is 1.65 bits per heavy atom. The number of hydrogen-bond donors (Lipinski definition) is 0. The van der Waals surface area contributed by atoms with Crippen molar-refractivity contribution in [2.75, 3.05) is 26.4 Å². The zero-order valence-corrected chi connectivity index (χ0v) is 14.4. The number of rotatable bonds is 0. The van der Waals surface area contributed by atoms with Gasteiger partial charge in [-0.3, -0.25) is 0 Å². The molecule has 1 aliphatic heterocycles. The van der Waals surface area contributed by atoms with Gasteiger partial charge in [0.2, 0.25) is 0 Å². The average Bonchev–Trinajstić information content (AvgIpc) is 2.56. The fraction of sp³-hybridized carbons (Fsp3) is 0.333. The molecule has 4 nitrogen and oxygen atoms in total. The van der Waals surface area contributed by atoms with Crippen molar-refractivity contribution in [2.45, 2.75) is 12.8 Å². The smallest absolute Gasteiger partial charge is 0.162 e. The van der Waals surface area contributed by atoms with E-state index in [0.717, 1.165) is 40.3 Å². The molecule has 0 bridgehead atoms. The van der Waals surface area contributed by atoms with E-state index >= 15 is 0 Å². The Hall–Kier alpha value is -1.88. The van der Waals surface area contributed by atoms with Crippen LogP contribution in [0.4, 0.5) is 0 Å². The van der Waals surface area contributed by atoms with Gasteiger partial charge in [-0.15, -0.1) is 0 Å². The van der Waals surface area contributed by atoms with Crippen molar-refractivity contribution in [2.24, 2.45) is 0 Å². The number of fused-ring (bicyclic) bond motifs is 2. The predicted molar refractivity (Wildman–Crippen MR) is 91.8 cm³/mol. The van der Waals surface area contributed by atoms with Crippen molar-refractivity contribution in [1.82, 2.24) is 0 Å². The van der Waals surface area contributed by atoms with Crippen LogP contribution in [-0.2, 0) is 0 Å². The van der Waals surface area contributed by atoms with Gasteiger partial charge in [0.05, 0.1) is 26.4 Å². The van der Waals surface area contributed by atoms with E-state index in [1.165, 1.54) is 0 Å². The molecule has 0 saturated carbocycles. The summed E-state index contributed by atoms with van der Waals surface area (Å²) < 4.78 is 24.2. The summed E-state index contributed by atoms with van der Waals surface area (Å²) in [5.41, 5.74) is 0. The molecule has 1 aliphatic rings. The van der Waals surface area contributed by atoms with Gasteiger partial charge in [-0.2, -0.15) is 0 Å². The van der Waals surface area contributed by atoms with Gasteiger partial charge < -0.3 is 18.9 Å². The van der Waals surface area contributed by atoms with Gasteiger partial charge in [-0.1, -0.05) is 28.1 Å². The van der Waals surface area contributed by atoms with Gasteiger partial charge in [-0.05, 0) is 30.3 Å². The van der Waals surface area contributed by atoms with Crippen LogP contribution in [-0.4, -0.2) is 26.4 Å². The third-order valence-corrected chi connectivity index (χ3v) is 3.86. The Morgan fingerprint density at radius 2 is 1.09 bits per heavy atom. The molecule has 122 valence electrons. The molecular weight excluding hydrogens is 360 g/mol. The first-order valence-electron chi connectivity index (χ1n) is 7.73. The fourth-order valence-corrected chi connectivity index (χ4v) is 2.59. The molecule has 0 aromatic heterocycles. The van der Waals surface area contributed by atoms with E-state index in [-0.39, 0.29) is 0 Å².